The van der Waals surface area contributed by atoms with Crippen LogP contribution in [0.5, 0.6) is 0 Å². The number of fused-ring (bicyclic) bond motifs is 1. The van der Waals surface area contributed by atoms with Gasteiger partial charge in [0, 0.05) is 0 Å². The largest absolute Gasteiger partial charge is 0.480 e. The molecular weight excluding hydrogens is 258 g/mol. The number of aliphatic carboxylic acids is 1. The summed E-state index contributed by atoms with van der Waals surface area (Å²) in [7, 11) is 0. The average Bonchev–Trinajstić information content (AvgIpc) is 2.58. The molecule has 0 aromatic rings. The summed E-state index contributed by atoms with van der Waals surface area (Å²) >= 11 is 0. The lowest BCUT2D eigenvalue weighted by Gasteiger charge is -2.24. The molecule has 1 aliphatic heterocycles. The second-order valence-corrected chi connectivity index (χ2v) is 6.23. The second kappa shape index (κ2) is 5.38. The average molecular weight is 279 g/mol. The Hall–Kier alpha value is -1.65. The number of hydrogen-bond donors (Lipinski definition) is 1. The van der Waals surface area contributed by atoms with Gasteiger partial charge in [-0.15, -0.1) is 0 Å². The smallest absolute Gasteiger partial charge is 0.326 e. The van der Waals surface area contributed by atoms with E-state index in [0.717, 1.165) is 10.5 Å². The SMILES string of the molecule is CC1=CC[C@H]2C(=O)N([C@@H](CC(C)C)C(=O)O)C(=O)[C@@H]2C1. The van der Waals surface area contributed by atoms with Gasteiger partial charge in [0.05, 0.1) is 11.8 Å². The van der Waals surface area contributed by atoms with Gasteiger partial charge in [-0.05, 0) is 32.1 Å². The van der Waals surface area contributed by atoms with Crippen LogP contribution in [0.15, 0.2) is 11.6 Å². The van der Waals surface area contributed by atoms with Crippen molar-refractivity contribution in [2.45, 2.75) is 46.1 Å². The predicted molar refractivity (Wildman–Crippen MR) is 72.7 cm³/mol. The van der Waals surface area contributed by atoms with Crippen molar-refractivity contribution in [2.24, 2.45) is 17.8 Å². The Bertz CT molecular complexity index is 480. The zero-order valence-electron chi connectivity index (χ0n) is 12.1. The molecule has 1 N–H and O–H groups in total. The number of amides is 2. The first-order valence-corrected chi connectivity index (χ1v) is 7.08. The molecule has 0 spiro atoms. The third-order valence-electron chi connectivity index (χ3n) is 4.15. The molecule has 0 radical (unpaired) electrons. The van der Waals surface area contributed by atoms with E-state index in [0.29, 0.717) is 19.3 Å². The molecule has 0 aromatic carbocycles. The maximum Gasteiger partial charge on any atom is 0.326 e. The highest BCUT2D eigenvalue weighted by atomic mass is 16.4. The topological polar surface area (TPSA) is 74.7 Å². The first-order valence-electron chi connectivity index (χ1n) is 7.08. The molecule has 110 valence electrons. The lowest BCUT2D eigenvalue weighted by molar-refractivity contribution is -0.155. The van der Waals surface area contributed by atoms with Crippen molar-refractivity contribution in [3.63, 3.8) is 0 Å². The Morgan fingerprint density at radius 2 is 1.95 bits per heavy atom. The summed E-state index contributed by atoms with van der Waals surface area (Å²) in [5, 5.41) is 9.34. The van der Waals surface area contributed by atoms with Crippen molar-refractivity contribution in [1.82, 2.24) is 4.90 Å². The summed E-state index contributed by atoms with van der Waals surface area (Å²) in [5.74, 6) is -2.32. The molecule has 3 atom stereocenters. The summed E-state index contributed by atoms with van der Waals surface area (Å²) in [6.07, 6.45) is 3.40. The molecule has 2 aliphatic rings. The van der Waals surface area contributed by atoms with Gasteiger partial charge >= 0.3 is 5.97 Å². The number of allylic oxidation sites excluding steroid dienone is 2. The Balaban J connectivity index is 2.27. The molecule has 0 saturated carbocycles. The Kier molecular flexibility index (Phi) is 3.97. The minimum Gasteiger partial charge on any atom is -0.480 e. The van der Waals surface area contributed by atoms with Crippen LogP contribution < -0.4 is 0 Å². The normalized spacial score (nSPS) is 27.6. The molecule has 1 saturated heterocycles. The van der Waals surface area contributed by atoms with Crippen molar-refractivity contribution in [1.29, 1.82) is 0 Å². The molecule has 5 nitrogen and oxygen atoms in total. The quantitative estimate of drug-likeness (QED) is 0.629. The van der Waals surface area contributed by atoms with Gasteiger partial charge in [-0.25, -0.2) is 4.79 Å². The summed E-state index contributed by atoms with van der Waals surface area (Å²) in [6, 6.07) is -1.03. The van der Waals surface area contributed by atoms with E-state index in [4.69, 9.17) is 0 Å². The summed E-state index contributed by atoms with van der Waals surface area (Å²) in [4.78, 5) is 37.3. The van der Waals surface area contributed by atoms with Gasteiger partial charge < -0.3 is 5.11 Å². The van der Waals surface area contributed by atoms with Crippen LogP contribution in [0.1, 0.15) is 40.0 Å². The van der Waals surface area contributed by atoms with Gasteiger partial charge in [0.25, 0.3) is 0 Å². The zero-order chi connectivity index (χ0) is 15.0. The molecule has 1 fully saturated rings. The third-order valence-corrected chi connectivity index (χ3v) is 4.15. The minimum absolute atomic E-state index is 0.110. The lowest BCUT2D eigenvalue weighted by Crippen LogP contribution is -2.46. The van der Waals surface area contributed by atoms with E-state index in [1.54, 1.807) is 0 Å². The van der Waals surface area contributed by atoms with E-state index in [1.807, 2.05) is 26.8 Å². The third kappa shape index (κ3) is 2.49. The lowest BCUT2D eigenvalue weighted by atomic mass is 9.82. The highest BCUT2D eigenvalue weighted by Gasteiger charge is 2.51. The number of carbonyl (C=O) groups excluding carboxylic acids is 2. The predicted octanol–water partition coefficient (Wildman–Crippen LogP) is 1.83. The highest BCUT2D eigenvalue weighted by Crippen LogP contribution is 2.39. The van der Waals surface area contributed by atoms with Gasteiger partial charge in [-0.3, -0.25) is 14.5 Å². The minimum atomic E-state index is -1.09. The van der Waals surface area contributed by atoms with Crippen LogP contribution in [0, 0.1) is 17.8 Å². The first-order chi connectivity index (χ1) is 9.32. The Morgan fingerprint density at radius 3 is 2.50 bits per heavy atom. The number of rotatable bonds is 4. The molecule has 0 aromatic heterocycles. The van der Waals surface area contributed by atoms with Crippen molar-refractivity contribution in [3.8, 4) is 0 Å². The molecule has 1 aliphatic carbocycles. The highest BCUT2D eigenvalue weighted by molar-refractivity contribution is 6.08. The summed E-state index contributed by atoms with van der Waals surface area (Å²) in [5.41, 5.74) is 1.10. The number of carboxylic acid groups (broad SMARTS) is 1. The fourth-order valence-corrected chi connectivity index (χ4v) is 3.13. The number of carbonyl (C=O) groups is 3. The molecule has 2 amide bonds. The van der Waals surface area contributed by atoms with Crippen LogP contribution in [0.3, 0.4) is 0 Å². The summed E-state index contributed by atoms with van der Waals surface area (Å²) < 4.78 is 0. The van der Waals surface area contributed by atoms with Crippen molar-refractivity contribution in [2.75, 3.05) is 0 Å². The van der Waals surface area contributed by atoms with E-state index in [1.165, 1.54) is 0 Å². The van der Waals surface area contributed by atoms with Crippen molar-refractivity contribution in [3.05, 3.63) is 11.6 Å². The van der Waals surface area contributed by atoms with Crippen LogP contribution >= 0.6 is 0 Å². The van der Waals surface area contributed by atoms with E-state index in [2.05, 4.69) is 0 Å². The van der Waals surface area contributed by atoms with Gasteiger partial charge in [0.2, 0.25) is 11.8 Å². The van der Waals surface area contributed by atoms with Crippen molar-refractivity contribution < 1.29 is 19.5 Å². The molecule has 2 rings (SSSR count). The van der Waals surface area contributed by atoms with Crippen LogP contribution in [0.2, 0.25) is 0 Å². The van der Waals surface area contributed by atoms with Crippen molar-refractivity contribution >= 4 is 17.8 Å². The molecular formula is C15H21NO4. The van der Waals surface area contributed by atoms with E-state index in [-0.39, 0.29) is 29.6 Å². The molecule has 1 heterocycles. The van der Waals surface area contributed by atoms with Crippen LogP contribution in [-0.2, 0) is 14.4 Å². The van der Waals surface area contributed by atoms with Gasteiger partial charge in [-0.2, -0.15) is 0 Å². The number of imide groups is 1. The number of hydrogen-bond acceptors (Lipinski definition) is 3. The standard InChI is InChI=1S/C15H21NO4/c1-8(2)6-12(15(19)20)16-13(17)10-5-4-9(3)7-11(10)14(16)18/h4,8,10-12H,5-7H2,1-3H3,(H,19,20)/t10-,11-,12+/m1/s1. The summed E-state index contributed by atoms with van der Waals surface area (Å²) in [6.45, 7) is 5.72. The van der Waals surface area contributed by atoms with Gasteiger partial charge in [0.1, 0.15) is 6.04 Å². The number of likely N-dealkylation sites (tertiary alicyclic amines) is 1. The van der Waals surface area contributed by atoms with Gasteiger partial charge in [0.15, 0.2) is 0 Å². The van der Waals surface area contributed by atoms with E-state index in [9.17, 15) is 19.5 Å². The molecule has 0 bridgehead atoms. The van der Waals surface area contributed by atoms with Gasteiger partial charge in [-0.1, -0.05) is 25.5 Å². The molecule has 5 heteroatoms. The number of nitrogens with zero attached hydrogens (tertiary/aromatic N) is 1. The van der Waals surface area contributed by atoms with E-state index < -0.39 is 12.0 Å². The van der Waals surface area contributed by atoms with Crippen LogP contribution in [-0.4, -0.2) is 33.8 Å². The maximum absolute atomic E-state index is 12.4. The van der Waals surface area contributed by atoms with Crippen LogP contribution in [0.25, 0.3) is 0 Å². The monoisotopic (exact) mass is 279 g/mol. The van der Waals surface area contributed by atoms with Crippen LogP contribution in [0.4, 0.5) is 0 Å². The maximum atomic E-state index is 12.4. The first kappa shape index (κ1) is 14.8. The fraction of sp³-hybridized carbons (Fsp3) is 0.667. The Morgan fingerprint density at radius 1 is 1.35 bits per heavy atom. The Labute approximate surface area is 118 Å². The second-order valence-electron chi connectivity index (χ2n) is 6.23. The zero-order valence-corrected chi connectivity index (χ0v) is 12.1. The molecule has 20 heavy (non-hydrogen) atoms. The van der Waals surface area contributed by atoms with E-state index >= 15 is 0 Å². The number of carboxylic acids is 1. The fourth-order valence-electron chi connectivity index (χ4n) is 3.13. The molecule has 0 unspecified atom stereocenters.